The van der Waals surface area contributed by atoms with Crippen molar-refractivity contribution in [3.63, 3.8) is 0 Å². The van der Waals surface area contributed by atoms with Gasteiger partial charge in [-0.2, -0.15) is 5.10 Å². The highest BCUT2D eigenvalue weighted by molar-refractivity contribution is 5.95. The van der Waals surface area contributed by atoms with Crippen LogP contribution in [0.25, 0.3) is 10.9 Å². The number of fused-ring (bicyclic) bond motifs is 1. The molecular weight excluding hydrogens is 482 g/mol. The molecule has 0 unspecified atom stereocenters. The van der Waals surface area contributed by atoms with E-state index in [9.17, 15) is 19.2 Å². The number of likely N-dealkylation sites (tertiary alicyclic amines) is 1. The van der Waals surface area contributed by atoms with E-state index in [-0.39, 0.29) is 42.8 Å². The fraction of sp³-hybridized carbons (Fsp3) is 0.414. The summed E-state index contributed by atoms with van der Waals surface area (Å²) in [4.78, 5) is 53.3. The molecule has 2 atom stereocenters. The van der Waals surface area contributed by atoms with Gasteiger partial charge in [0.1, 0.15) is 0 Å². The lowest BCUT2D eigenvalue weighted by molar-refractivity contribution is -0.135. The number of rotatable bonds is 12. The molecule has 3 aromatic rings. The smallest absolute Gasteiger partial charge is 0.225 e. The third kappa shape index (κ3) is 7.27. The molecule has 1 fully saturated rings. The van der Waals surface area contributed by atoms with E-state index in [1.165, 1.54) is 0 Å². The second-order valence-electron chi connectivity index (χ2n) is 9.94. The van der Waals surface area contributed by atoms with Gasteiger partial charge in [0.15, 0.2) is 5.78 Å². The van der Waals surface area contributed by atoms with E-state index in [1.54, 1.807) is 18.0 Å². The van der Waals surface area contributed by atoms with E-state index < -0.39 is 12.0 Å². The molecule has 1 saturated heterocycles. The minimum Gasteiger partial charge on any atom is -0.352 e. The van der Waals surface area contributed by atoms with Gasteiger partial charge in [-0.25, -0.2) is 0 Å². The Hall–Kier alpha value is -4.01. The number of carbonyl (C=O) groups excluding carboxylic acids is 4. The van der Waals surface area contributed by atoms with E-state index in [0.717, 1.165) is 34.9 Å². The van der Waals surface area contributed by atoms with Crippen LogP contribution in [-0.4, -0.2) is 57.7 Å². The Labute approximate surface area is 222 Å². The summed E-state index contributed by atoms with van der Waals surface area (Å²) in [6, 6.07) is 14.4. The Morgan fingerprint density at radius 2 is 1.76 bits per heavy atom. The average molecular weight is 518 g/mol. The van der Waals surface area contributed by atoms with E-state index in [4.69, 9.17) is 0 Å². The van der Waals surface area contributed by atoms with Crippen molar-refractivity contribution in [1.82, 2.24) is 25.7 Å². The van der Waals surface area contributed by atoms with Crippen LogP contribution in [0.1, 0.15) is 50.2 Å². The van der Waals surface area contributed by atoms with Crippen molar-refractivity contribution in [3.8, 4) is 0 Å². The monoisotopic (exact) mass is 517 g/mol. The van der Waals surface area contributed by atoms with Gasteiger partial charge in [0.25, 0.3) is 0 Å². The van der Waals surface area contributed by atoms with Gasteiger partial charge in [0, 0.05) is 43.8 Å². The Balaban J connectivity index is 1.34. The second-order valence-corrected chi connectivity index (χ2v) is 9.94. The molecule has 0 saturated carbocycles. The molecule has 3 amide bonds. The summed E-state index contributed by atoms with van der Waals surface area (Å²) in [5.74, 6) is -1.63. The fourth-order valence-electron chi connectivity index (χ4n) is 4.76. The summed E-state index contributed by atoms with van der Waals surface area (Å²) in [5, 5.41) is 13.6. The van der Waals surface area contributed by atoms with Crippen LogP contribution >= 0.6 is 0 Å². The normalized spacial score (nSPS) is 14.7. The maximum atomic E-state index is 13.3. The molecule has 0 bridgehead atoms. The van der Waals surface area contributed by atoms with Gasteiger partial charge in [-0.1, -0.05) is 55.5 Å². The molecular formula is C29H35N5O4. The maximum Gasteiger partial charge on any atom is 0.225 e. The highest BCUT2D eigenvalue weighted by Gasteiger charge is 2.29. The second kappa shape index (κ2) is 13.0. The minimum absolute atomic E-state index is 0.0724. The summed E-state index contributed by atoms with van der Waals surface area (Å²) < 4.78 is 0. The number of nitrogens with one attached hydrogen (secondary N) is 3. The number of Topliss-reactive ketones (excluding diaryl/α,β-unsaturated/α-hetero) is 1. The van der Waals surface area contributed by atoms with Crippen molar-refractivity contribution in [3.05, 3.63) is 65.9 Å². The quantitative estimate of drug-likeness (QED) is 0.341. The summed E-state index contributed by atoms with van der Waals surface area (Å²) in [5.41, 5.74) is 2.77. The van der Waals surface area contributed by atoms with Crippen LogP contribution in [0.3, 0.4) is 0 Å². The molecule has 0 radical (unpaired) electrons. The largest absolute Gasteiger partial charge is 0.352 e. The van der Waals surface area contributed by atoms with Crippen molar-refractivity contribution < 1.29 is 19.2 Å². The highest BCUT2D eigenvalue weighted by atomic mass is 16.2. The molecule has 200 valence electrons. The molecule has 38 heavy (non-hydrogen) atoms. The van der Waals surface area contributed by atoms with Crippen LogP contribution in [0.15, 0.2) is 54.7 Å². The molecule has 0 aliphatic carbocycles. The average Bonchev–Trinajstić information content (AvgIpc) is 3.63. The number of hydrogen-bond acceptors (Lipinski definition) is 5. The number of ketones is 1. The molecule has 1 aliphatic heterocycles. The number of H-pyrrole nitrogens is 1. The van der Waals surface area contributed by atoms with Gasteiger partial charge in [-0.15, -0.1) is 0 Å². The van der Waals surface area contributed by atoms with Crippen LogP contribution in [0, 0.1) is 5.92 Å². The third-order valence-electron chi connectivity index (χ3n) is 7.02. The number of benzene rings is 2. The Morgan fingerprint density at radius 1 is 1.00 bits per heavy atom. The Kier molecular flexibility index (Phi) is 9.24. The van der Waals surface area contributed by atoms with Crippen LogP contribution < -0.4 is 10.6 Å². The first kappa shape index (κ1) is 27.0. The van der Waals surface area contributed by atoms with E-state index in [0.29, 0.717) is 26.1 Å². The zero-order valence-corrected chi connectivity index (χ0v) is 21.7. The standard InChI is InChI=1S/C29H35N5O4/c1-20(29(38)30-18-22-10-7-11-23-19-31-33-28(22)23)16-25(35)24(17-27(37)34-14-5-6-15-34)32-26(36)13-12-21-8-3-2-4-9-21/h2-4,7-11,19-20,24H,5-6,12-18H2,1H3,(H,30,38)(H,31,33)(H,32,36)/t20-,24+/m1/s1. The van der Waals surface area contributed by atoms with Crippen LogP contribution in [0.4, 0.5) is 0 Å². The number of para-hydroxylation sites is 1. The van der Waals surface area contributed by atoms with Crippen molar-refractivity contribution in [2.24, 2.45) is 5.92 Å². The maximum absolute atomic E-state index is 13.3. The zero-order chi connectivity index (χ0) is 26.9. The SMILES string of the molecule is C[C@H](CC(=O)[C@H](CC(=O)N1CCCC1)NC(=O)CCc1ccccc1)C(=O)NCc1cccc2cn[nH]c12. The topological polar surface area (TPSA) is 124 Å². The number of aromatic amines is 1. The molecule has 1 aliphatic rings. The lowest BCUT2D eigenvalue weighted by atomic mass is 9.96. The van der Waals surface area contributed by atoms with Gasteiger partial charge in [0.05, 0.1) is 24.2 Å². The number of aryl methyl sites for hydroxylation is 1. The van der Waals surface area contributed by atoms with Gasteiger partial charge < -0.3 is 15.5 Å². The lowest BCUT2D eigenvalue weighted by Crippen LogP contribution is -2.45. The molecule has 1 aromatic heterocycles. The predicted molar refractivity (Wildman–Crippen MR) is 144 cm³/mol. The van der Waals surface area contributed by atoms with Crippen LogP contribution in [0.5, 0.6) is 0 Å². The molecule has 3 N–H and O–H groups in total. The van der Waals surface area contributed by atoms with Gasteiger partial charge in [-0.05, 0) is 30.4 Å². The number of amides is 3. The highest BCUT2D eigenvalue weighted by Crippen LogP contribution is 2.17. The van der Waals surface area contributed by atoms with E-state index in [1.807, 2.05) is 48.5 Å². The Bertz CT molecular complexity index is 1270. The van der Waals surface area contributed by atoms with Crippen molar-refractivity contribution in [1.29, 1.82) is 0 Å². The van der Waals surface area contributed by atoms with E-state index in [2.05, 4.69) is 20.8 Å². The van der Waals surface area contributed by atoms with E-state index >= 15 is 0 Å². The summed E-state index contributed by atoms with van der Waals surface area (Å²) in [6.45, 7) is 3.32. The third-order valence-corrected chi connectivity index (χ3v) is 7.02. The van der Waals surface area contributed by atoms with Crippen LogP contribution in [-0.2, 0) is 32.1 Å². The molecule has 0 spiro atoms. The summed E-state index contributed by atoms with van der Waals surface area (Å²) in [6.07, 6.45) is 4.19. The molecule has 4 rings (SSSR count). The van der Waals surface area contributed by atoms with Gasteiger partial charge >= 0.3 is 0 Å². The summed E-state index contributed by atoms with van der Waals surface area (Å²) in [7, 11) is 0. The first-order chi connectivity index (χ1) is 18.4. The molecule has 9 heteroatoms. The van der Waals surface area contributed by atoms with Gasteiger partial charge in [0.2, 0.25) is 17.7 Å². The molecule has 2 aromatic carbocycles. The van der Waals surface area contributed by atoms with Crippen molar-refractivity contribution in [2.45, 2.75) is 58.0 Å². The minimum atomic E-state index is -0.958. The summed E-state index contributed by atoms with van der Waals surface area (Å²) >= 11 is 0. The number of carbonyl (C=O) groups is 4. The predicted octanol–water partition coefficient (Wildman–Crippen LogP) is 2.90. The first-order valence-electron chi connectivity index (χ1n) is 13.2. The number of aromatic nitrogens is 2. The number of nitrogens with zero attached hydrogens (tertiary/aromatic N) is 2. The lowest BCUT2D eigenvalue weighted by Gasteiger charge is -2.22. The van der Waals surface area contributed by atoms with Crippen molar-refractivity contribution >= 4 is 34.4 Å². The van der Waals surface area contributed by atoms with Crippen molar-refractivity contribution in [2.75, 3.05) is 13.1 Å². The Morgan fingerprint density at radius 3 is 2.53 bits per heavy atom. The molecule has 2 heterocycles. The first-order valence-corrected chi connectivity index (χ1v) is 13.2. The zero-order valence-electron chi connectivity index (χ0n) is 21.7. The van der Waals surface area contributed by atoms with Gasteiger partial charge in [-0.3, -0.25) is 24.3 Å². The van der Waals surface area contributed by atoms with Crippen LogP contribution in [0.2, 0.25) is 0 Å². The fourth-order valence-corrected chi connectivity index (χ4v) is 4.76. The molecule has 9 nitrogen and oxygen atoms in total. The number of hydrogen-bond donors (Lipinski definition) is 3.